The third-order valence-corrected chi connectivity index (χ3v) is 2.51. The predicted octanol–water partition coefficient (Wildman–Crippen LogP) is 2.69. The van der Waals surface area contributed by atoms with Gasteiger partial charge in [0.1, 0.15) is 23.5 Å². The molecule has 1 aromatic rings. The molecule has 1 heterocycles. The molecule has 0 bridgehead atoms. The third kappa shape index (κ3) is 5.21. The predicted molar refractivity (Wildman–Crippen MR) is 70.1 cm³/mol. The van der Waals surface area contributed by atoms with E-state index in [0.717, 1.165) is 6.07 Å². The van der Waals surface area contributed by atoms with E-state index in [9.17, 15) is 13.2 Å². The Morgan fingerprint density at radius 2 is 2.00 bits per heavy atom. The Balaban J connectivity index is 2.53. The van der Waals surface area contributed by atoms with Crippen molar-refractivity contribution in [2.75, 3.05) is 18.4 Å². The number of allylic oxidation sites excluding steroid dienone is 1. The number of aromatic nitrogens is 1. The summed E-state index contributed by atoms with van der Waals surface area (Å²) in [6, 6.07) is 4.12. The van der Waals surface area contributed by atoms with Crippen LogP contribution in [0, 0.1) is 22.7 Å². The number of hydrogen-bond donors (Lipinski definition) is 2. The SMILES string of the molecule is N#CC(C#N)=CNCCNc1ncc(C(F)(F)F)cc1Cl. The summed E-state index contributed by atoms with van der Waals surface area (Å²) in [5, 5.41) is 22.2. The first-order valence-electron chi connectivity index (χ1n) is 5.59. The minimum atomic E-state index is -4.49. The molecule has 0 aliphatic carbocycles. The fourth-order valence-electron chi connectivity index (χ4n) is 1.24. The monoisotopic (exact) mass is 315 g/mol. The smallest absolute Gasteiger partial charge is 0.387 e. The highest BCUT2D eigenvalue weighted by atomic mass is 35.5. The van der Waals surface area contributed by atoms with Crippen LogP contribution in [0.25, 0.3) is 0 Å². The molecule has 1 aromatic heterocycles. The molecule has 21 heavy (non-hydrogen) atoms. The van der Waals surface area contributed by atoms with Gasteiger partial charge in [0.15, 0.2) is 0 Å². The molecule has 9 heteroatoms. The van der Waals surface area contributed by atoms with E-state index in [2.05, 4.69) is 15.6 Å². The fraction of sp³-hybridized carbons (Fsp3) is 0.250. The van der Waals surface area contributed by atoms with E-state index < -0.39 is 11.7 Å². The number of halogens is 4. The molecule has 0 fully saturated rings. The molecule has 0 unspecified atom stereocenters. The Bertz CT molecular complexity index is 597. The number of nitriles is 2. The summed E-state index contributed by atoms with van der Waals surface area (Å²) in [5.74, 6) is 0.122. The van der Waals surface area contributed by atoms with Crippen molar-refractivity contribution >= 4 is 17.4 Å². The van der Waals surface area contributed by atoms with Gasteiger partial charge in [0.2, 0.25) is 0 Å². The van der Waals surface area contributed by atoms with Gasteiger partial charge < -0.3 is 10.6 Å². The summed E-state index contributed by atoms with van der Waals surface area (Å²) in [5.41, 5.74) is -1.01. The molecule has 0 saturated heterocycles. The number of hydrogen-bond acceptors (Lipinski definition) is 5. The lowest BCUT2D eigenvalue weighted by atomic mass is 10.3. The van der Waals surface area contributed by atoms with Crippen LogP contribution in [0.2, 0.25) is 5.02 Å². The van der Waals surface area contributed by atoms with Gasteiger partial charge in [-0.05, 0) is 6.07 Å². The quantitative estimate of drug-likeness (QED) is 0.644. The molecule has 0 aliphatic heterocycles. The number of nitrogens with zero attached hydrogens (tertiary/aromatic N) is 3. The van der Waals surface area contributed by atoms with E-state index in [1.54, 1.807) is 12.1 Å². The highest BCUT2D eigenvalue weighted by Crippen LogP contribution is 2.32. The molecule has 0 aliphatic rings. The Labute approximate surface area is 123 Å². The molecule has 110 valence electrons. The second kappa shape index (κ2) is 7.36. The van der Waals surface area contributed by atoms with E-state index >= 15 is 0 Å². The van der Waals surface area contributed by atoms with Gasteiger partial charge in [-0.2, -0.15) is 23.7 Å². The summed E-state index contributed by atoms with van der Waals surface area (Å²) >= 11 is 5.70. The van der Waals surface area contributed by atoms with Crippen molar-refractivity contribution in [1.29, 1.82) is 10.5 Å². The highest BCUT2D eigenvalue weighted by Gasteiger charge is 2.31. The van der Waals surface area contributed by atoms with Gasteiger partial charge in [0, 0.05) is 25.5 Å². The van der Waals surface area contributed by atoms with Crippen molar-refractivity contribution in [3.8, 4) is 12.1 Å². The minimum absolute atomic E-state index is 0.0827. The first-order valence-corrected chi connectivity index (χ1v) is 5.96. The summed E-state index contributed by atoms with van der Waals surface area (Å²) in [6.45, 7) is 0.616. The molecule has 2 N–H and O–H groups in total. The zero-order valence-corrected chi connectivity index (χ0v) is 11.3. The standard InChI is InChI=1S/C12H9ClF3N5/c13-10-3-9(12(14,15)16)7-21-11(10)20-2-1-19-6-8(4-17)5-18/h3,6-7,19H,1-2H2,(H,20,21). The second-order valence-electron chi connectivity index (χ2n) is 3.71. The van der Waals surface area contributed by atoms with Crippen LogP contribution < -0.4 is 10.6 Å². The fourth-order valence-corrected chi connectivity index (χ4v) is 1.47. The molecule has 0 atom stereocenters. The Morgan fingerprint density at radius 3 is 2.52 bits per heavy atom. The van der Waals surface area contributed by atoms with E-state index in [1.807, 2.05) is 0 Å². The average molecular weight is 316 g/mol. The maximum Gasteiger partial charge on any atom is 0.417 e. The average Bonchev–Trinajstić information content (AvgIpc) is 2.43. The topological polar surface area (TPSA) is 84.5 Å². The van der Waals surface area contributed by atoms with Crippen LogP contribution in [0.3, 0.4) is 0 Å². The van der Waals surface area contributed by atoms with Crippen LogP contribution >= 0.6 is 11.6 Å². The number of alkyl halides is 3. The lowest BCUT2D eigenvalue weighted by molar-refractivity contribution is -0.137. The second-order valence-corrected chi connectivity index (χ2v) is 4.12. The first-order chi connectivity index (χ1) is 9.88. The van der Waals surface area contributed by atoms with Gasteiger partial charge in [-0.25, -0.2) is 4.98 Å². The van der Waals surface area contributed by atoms with E-state index in [1.165, 1.54) is 6.20 Å². The maximum absolute atomic E-state index is 12.4. The van der Waals surface area contributed by atoms with Crippen LogP contribution in [0.15, 0.2) is 24.0 Å². The number of rotatable bonds is 5. The van der Waals surface area contributed by atoms with E-state index in [0.29, 0.717) is 19.3 Å². The van der Waals surface area contributed by atoms with Crippen molar-refractivity contribution in [2.24, 2.45) is 0 Å². The van der Waals surface area contributed by atoms with Gasteiger partial charge in [-0.1, -0.05) is 11.6 Å². The summed E-state index contributed by atoms with van der Waals surface area (Å²) in [7, 11) is 0. The molecule has 1 rings (SSSR count). The molecule has 0 saturated carbocycles. The summed E-state index contributed by atoms with van der Waals surface area (Å²) in [6.07, 6.45) is -2.57. The minimum Gasteiger partial charge on any atom is -0.387 e. The normalized spacial score (nSPS) is 10.2. The van der Waals surface area contributed by atoms with Crippen molar-refractivity contribution in [3.63, 3.8) is 0 Å². The van der Waals surface area contributed by atoms with Crippen LogP contribution in [0.5, 0.6) is 0 Å². The zero-order chi connectivity index (χ0) is 15.9. The Morgan fingerprint density at radius 1 is 1.33 bits per heavy atom. The largest absolute Gasteiger partial charge is 0.417 e. The van der Waals surface area contributed by atoms with Crippen LogP contribution in [-0.2, 0) is 6.18 Å². The lowest BCUT2D eigenvalue weighted by Gasteiger charge is -2.10. The highest BCUT2D eigenvalue weighted by molar-refractivity contribution is 6.32. The molecule has 0 amide bonds. The van der Waals surface area contributed by atoms with Crippen molar-refractivity contribution in [3.05, 3.63) is 34.6 Å². The lowest BCUT2D eigenvalue weighted by Crippen LogP contribution is -2.18. The first kappa shape index (κ1) is 16.6. The van der Waals surface area contributed by atoms with Crippen molar-refractivity contribution in [2.45, 2.75) is 6.18 Å². The molecule has 0 aromatic carbocycles. The molecule has 0 spiro atoms. The maximum atomic E-state index is 12.4. The van der Waals surface area contributed by atoms with E-state index in [4.69, 9.17) is 22.1 Å². The van der Waals surface area contributed by atoms with Crippen LogP contribution in [0.1, 0.15) is 5.56 Å². The molecular formula is C12H9ClF3N5. The van der Waals surface area contributed by atoms with Crippen LogP contribution in [-0.4, -0.2) is 18.1 Å². The summed E-state index contributed by atoms with van der Waals surface area (Å²) in [4.78, 5) is 3.60. The Kier molecular flexibility index (Phi) is 5.82. The zero-order valence-electron chi connectivity index (χ0n) is 10.5. The summed E-state index contributed by atoms with van der Waals surface area (Å²) < 4.78 is 37.2. The number of anilines is 1. The van der Waals surface area contributed by atoms with Crippen molar-refractivity contribution < 1.29 is 13.2 Å². The van der Waals surface area contributed by atoms with E-state index in [-0.39, 0.29) is 16.4 Å². The number of nitrogens with one attached hydrogen (secondary N) is 2. The molecule has 0 radical (unpaired) electrons. The van der Waals surface area contributed by atoms with Gasteiger partial charge >= 0.3 is 6.18 Å². The molecule has 5 nitrogen and oxygen atoms in total. The third-order valence-electron chi connectivity index (χ3n) is 2.22. The van der Waals surface area contributed by atoms with Gasteiger partial charge in [-0.3, -0.25) is 0 Å². The number of pyridine rings is 1. The Hall–Kier alpha value is -2.45. The van der Waals surface area contributed by atoms with Crippen molar-refractivity contribution in [1.82, 2.24) is 10.3 Å². The van der Waals surface area contributed by atoms with Crippen LogP contribution in [0.4, 0.5) is 19.0 Å². The van der Waals surface area contributed by atoms with Gasteiger partial charge in [0.25, 0.3) is 0 Å². The molecular weight excluding hydrogens is 307 g/mol. The van der Waals surface area contributed by atoms with Gasteiger partial charge in [0.05, 0.1) is 10.6 Å². The van der Waals surface area contributed by atoms with Gasteiger partial charge in [-0.15, -0.1) is 0 Å².